The Morgan fingerprint density at radius 3 is 2.70 bits per heavy atom. The molecular formula is C24H28N4O2. The van der Waals surface area contributed by atoms with Gasteiger partial charge in [-0.25, -0.2) is 0 Å². The minimum atomic E-state index is -0.0592. The third-order valence-corrected chi connectivity index (χ3v) is 5.61. The predicted molar refractivity (Wildman–Crippen MR) is 119 cm³/mol. The summed E-state index contributed by atoms with van der Waals surface area (Å²) in [4.78, 5) is 29.3. The molecule has 1 unspecified atom stereocenters. The number of likely N-dealkylation sites (tertiary alicyclic amines) is 1. The molecule has 1 aromatic heterocycles. The molecule has 30 heavy (non-hydrogen) atoms. The highest BCUT2D eigenvalue weighted by Crippen LogP contribution is 2.20. The van der Waals surface area contributed by atoms with E-state index in [1.165, 1.54) is 12.5 Å². The molecule has 0 spiro atoms. The Bertz CT molecular complexity index is 992. The van der Waals surface area contributed by atoms with Gasteiger partial charge in [0.15, 0.2) is 0 Å². The Balaban J connectivity index is 1.28. The fraction of sp³-hybridized carbons (Fsp3) is 0.333. The van der Waals surface area contributed by atoms with E-state index in [0.717, 1.165) is 49.1 Å². The van der Waals surface area contributed by atoms with Gasteiger partial charge in [0.1, 0.15) is 5.69 Å². The Kier molecular flexibility index (Phi) is 6.14. The van der Waals surface area contributed by atoms with Crippen LogP contribution in [0.15, 0.2) is 54.6 Å². The maximum absolute atomic E-state index is 12.6. The fourth-order valence-corrected chi connectivity index (χ4v) is 4.14. The van der Waals surface area contributed by atoms with Crippen molar-refractivity contribution in [3.63, 3.8) is 0 Å². The Labute approximate surface area is 176 Å². The van der Waals surface area contributed by atoms with Gasteiger partial charge >= 0.3 is 0 Å². The second-order valence-electron chi connectivity index (χ2n) is 8.10. The van der Waals surface area contributed by atoms with Crippen LogP contribution in [0.2, 0.25) is 0 Å². The zero-order valence-electron chi connectivity index (χ0n) is 17.3. The number of H-pyrrole nitrogens is 1. The number of benzene rings is 2. The van der Waals surface area contributed by atoms with Crippen molar-refractivity contribution in [1.82, 2.24) is 15.2 Å². The first-order valence-corrected chi connectivity index (χ1v) is 10.5. The van der Waals surface area contributed by atoms with Gasteiger partial charge in [-0.3, -0.25) is 14.5 Å². The molecule has 2 amide bonds. The van der Waals surface area contributed by atoms with E-state index in [-0.39, 0.29) is 11.8 Å². The lowest BCUT2D eigenvalue weighted by Gasteiger charge is -2.32. The van der Waals surface area contributed by atoms with Crippen LogP contribution in [0.5, 0.6) is 0 Å². The summed E-state index contributed by atoms with van der Waals surface area (Å²) in [7, 11) is 0. The van der Waals surface area contributed by atoms with Crippen molar-refractivity contribution in [3.8, 4) is 0 Å². The second kappa shape index (κ2) is 9.13. The van der Waals surface area contributed by atoms with Crippen LogP contribution in [0.3, 0.4) is 0 Å². The molecule has 2 heterocycles. The van der Waals surface area contributed by atoms with Crippen molar-refractivity contribution >= 4 is 28.4 Å². The number of anilines is 1. The number of aromatic amines is 1. The standard InChI is InChI=1S/C24H28N4O2/c1-17(29)26-21-10-8-18(9-11-21)15-28-12-4-5-19(16-28)14-25-24(30)23-13-20-6-2-3-7-22(20)27-23/h2-3,6-11,13,19,27H,4-5,12,14-16H2,1H3,(H,25,30)(H,26,29). The number of para-hydroxylation sites is 1. The molecule has 3 N–H and O–H groups in total. The Hall–Kier alpha value is -3.12. The van der Waals surface area contributed by atoms with Crippen molar-refractivity contribution in [1.29, 1.82) is 0 Å². The lowest BCUT2D eigenvalue weighted by atomic mass is 9.97. The summed E-state index contributed by atoms with van der Waals surface area (Å²) >= 11 is 0. The SMILES string of the molecule is CC(=O)Nc1ccc(CN2CCCC(CNC(=O)c3cc4ccccc4[nH]3)C2)cc1. The van der Waals surface area contributed by atoms with Crippen molar-refractivity contribution in [2.75, 3.05) is 25.0 Å². The van der Waals surface area contributed by atoms with Crippen LogP contribution in [-0.2, 0) is 11.3 Å². The minimum Gasteiger partial charge on any atom is -0.351 e. The van der Waals surface area contributed by atoms with Crippen molar-refractivity contribution in [2.24, 2.45) is 5.92 Å². The molecule has 3 aromatic rings. The van der Waals surface area contributed by atoms with E-state index in [4.69, 9.17) is 0 Å². The highest BCUT2D eigenvalue weighted by molar-refractivity contribution is 5.98. The quantitative estimate of drug-likeness (QED) is 0.585. The van der Waals surface area contributed by atoms with E-state index in [1.54, 1.807) is 0 Å². The zero-order valence-corrected chi connectivity index (χ0v) is 17.3. The van der Waals surface area contributed by atoms with Gasteiger partial charge in [-0.2, -0.15) is 0 Å². The van der Waals surface area contributed by atoms with E-state index >= 15 is 0 Å². The van der Waals surface area contributed by atoms with Crippen LogP contribution in [0.25, 0.3) is 10.9 Å². The Morgan fingerprint density at radius 2 is 1.93 bits per heavy atom. The van der Waals surface area contributed by atoms with Crippen molar-refractivity contribution in [3.05, 3.63) is 65.9 Å². The van der Waals surface area contributed by atoms with Crippen LogP contribution in [0.1, 0.15) is 35.8 Å². The summed E-state index contributed by atoms with van der Waals surface area (Å²) in [6, 6.07) is 17.8. The summed E-state index contributed by atoms with van der Waals surface area (Å²) in [5, 5.41) is 6.95. The van der Waals surface area contributed by atoms with Gasteiger partial charge in [-0.05, 0) is 55.1 Å². The van der Waals surface area contributed by atoms with E-state index in [2.05, 4.69) is 32.7 Å². The van der Waals surface area contributed by atoms with Gasteiger partial charge in [0.05, 0.1) is 0 Å². The molecule has 1 saturated heterocycles. The van der Waals surface area contributed by atoms with E-state index < -0.39 is 0 Å². The van der Waals surface area contributed by atoms with Crippen LogP contribution in [0, 0.1) is 5.92 Å². The smallest absolute Gasteiger partial charge is 0.267 e. The van der Waals surface area contributed by atoms with E-state index in [0.29, 0.717) is 18.2 Å². The minimum absolute atomic E-state index is 0.0446. The van der Waals surface area contributed by atoms with Crippen molar-refractivity contribution < 1.29 is 9.59 Å². The second-order valence-corrected chi connectivity index (χ2v) is 8.10. The zero-order chi connectivity index (χ0) is 20.9. The third kappa shape index (κ3) is 5.07. The number of nitrogens with one attached hydrogen (secondary N) is 3. The molecule has 1 fully saturated rings. The lowest BCUT2D eigenvalue weighted by molar-refractivity contribution is -0.114. The number of amides is 2. The number of hydrogen-bond donors (Lipinski definition) is 3. The number of carbonyl (C=O) groups excluding carboxylic acids is 2. The first-order valence-electron chi connectivity index (χ1n) is 10.5. The molecule has 2 aromatic carbocycles. The summed E-state index contributed by atoms with van der Waals surface area (Å²) in [5.41, 5.74) is 3.65. The maximum Gasteiger partial charge on any atom is 0.267 e. The molecule has 6 nitrogen and oxygen atoms in total. The fourth-order valence-electron chi connectivity index (χ4n) is 4.14. The average Bonchev–Trinajstić information content (AvgIpc) is 3.18. The number of rotatable bonds is 6. The monoisotopic (exact) mass is 404 g/mol. The van der Waals surface area contributed by atoms with Crippen LogP contribution >= 0.6 is 0 Å². The predicted octanol–water partition coefficient (Wildman–Crippen LogP) is 3.77. The number of carbonyl (C=O) groups is 2. The van der Waals surface area contributed by atoms with Gasteiger partial charge < -0.3 is 15.6 Å². The molecule has 1 aliphatic rings. The van der Waals surface area contributed by atoms with Crippen molar-refractivity contribution in [2.45, 2.75) is 26.3 Å². The number of fused-ring (bicyclic) bond motifs is 1. The van der Waals surface area contributed by atoms with E-state index in [9.17, 15) is 9.59 Å². The number of aromatic nitrogens is 1. The summed E-state index contributed by atoms with van der Waals surface area (Å²) in [5.74, 6) is 0.346. The molecule has 0 aliphatic carbocycles. The molecule has 1 atom stereocenters. The first kappa shape index (κ1) is 20.2. The molecule has 0 saturated carbocycles. The first-order chi connectivity index (χ1) is 14.6. The van der Waals surface area contributed by atoms with Gasteiger partial charge in [-0.15, -0.1) is 0 Å². The molecule has 0 bridgehead atoms. The third-order valence-electron chi connectivity index (χ3n) is 5.61. The Morgan fingerprint density at radius 1 is 1.13 bits per heavy atom. The lowest BCUT2D eigenvalue weighted by Crippen LogP contribution is -2.40. The van der Waals surface area contributed by atoms with Crippen LogP contribution in [-0.4, -0.2) is 41.3 Å². The maximum atomic E-state index is 12.6. The average molecular weight is 405 g/mol. The number of nitrogens with zero attached hydrogens (tertiary/aromatic N) is 1. The van der Waals surface area contributed by atoms with Gasteiger partial charge in [0.25, 0.3) is 5.91 Å². The van der Waals surface area contributed by atoms with Crippen LogP contribution < -0.4 is 10.6 Å². The van der Waals surface area contributed by atoms with E-state index in [1.807, 2.05) is 42.5 Å². The highest BCUT2D eigenvalue weighted by atomic mass is 16.2. The van der Waals surface area contributed by atoms with Crippen LogP contribution in [0.4, 0.5) is 5.69 Å². The summed E-state index contributed by atoms with van der Waals surface area (Å²) in [6.07, 6.45) is 2.27. The molecule has 0 radical (unpaired) electrons. The summed E-state index contributed by atoms with van der Waals surface area (Å²) in [6.45, 7) is 5.12. The van der Waals surface area contributed by atoms with Gasteiger partial charge in [0.2, 0.25) is 5.91 Å². The molecule has 156 valence electrons. The molecule has 1 aliphatic heterocycles. The van der Waals surface area contributed by atoms with Gasteiger partial charge in [0, 0.05) is 43.1 Å². The highest BCUT2D eigenvalue weighted by Gasteiger charge is 2.21. The summed E-state index contributed by atoms with van der Waals surface area (Å²) < 4.78 is 0. The molecular weight excluding hydrogens is 376 g/mol. The number of hydrogen-bond acceptors (Lipinski definition) is 3. The topological polar surface area (TPSA) is 77.2 Å². The molecule has 4 rings (SSSR count). The normalized spacial score (nSPS) is 17.0. The van der Waals surface area contributed by atoms with Gasteiger partial charge in [-0.1, -0.05) is 30.3 Å². The number of piperidine rings is 1. The largest absolute Gasteiger partial charge is 0.351 e. The molecule has 6 heteroatoms.